The van der Waals surface area contributed by atoms with Crippen LogP contribution in [-0.4, -0.2) is 32.2 Å². The first-order chi connectivity index (χ1) is 9.54. The highest BCUT2D eigenvalue weighted by molar-refractivity contribution is 5.81. The molecule has 5 heteroatoms. The summed E-state index contributed by atoms with van der Waals surface area (Å²) in [5.41, 5.74) is 0.823. The molecule has 2 N–H and O–H groups in total. The van der Waals surface area contributed by atoms with Crippen molar-refractivity contribution >= 4 is 5.91 Å². The lowest BCUT2D eigenvalue weighted by Gasteiger charge is -2.20. The molecule has 1 unspecified atom stereocenters. The summed E-state index contributed by atoms with van der Waals surface area (Å²) in [4.78, 5) is 11.9. The first kappa shape index (κ1) is 16.6. The molecule has 112 valence electrons. The summed E-state index contributed by atoms with van der Waals surface area (Å²) in [6, 6.07) is 5.95. The lowest BCUT2D eigenvalue weighted by atomic mass is 10.1. The number of nitrogens with one attached hydrogen (secondary N) is 2. The third kappa shape index (κ3) is 5.67. The fraction of sp³-hybridized carbons (Fsp3) is 0.533. The van der Waals surface area contributed by atoms with Crippen LogP contribution in [0, 0.1) is 5.82 Å². The number of ether oxygens (including phenoxy) is 1. The Morgan fingerprint density at radius 3 is 2.80 bits per heavy atom. The van der Waals surface area contributed by atoms with Gasteiger partial charge in [0.15, 0.2) is 0 Å². The van der Waals surface area contributed by atoms with Crippen LogP contribution in [0.25, 0.3) is 0 Å². The molecule has 0 bridgehead atoms. The number of carbonyl (C=O) groups is 1. The van der Waals surface area contributed by atoms with E-state index >= 15 is 0 Å². The van der Waals surface area contributed by atoms with Crippen LogP contribution in [0.3, 0.4) is 0 Å². The molecule has 1 amide bonds. The molecular formula is C15H23FN2O2. The Hall–Kier alpha value is -1.46. The van der Waals surface area contributed by atoms with Crippen LogP contribution in [0.5, 0.6) is 0 Å². The Morgan fingerprint density at radius 2 is 2.15 bits per heavy atom. The van der Waals surface area contributed by atoms with E-state index in [1.54, 1.807) is 20.1 Å². The summed E-state index contributed by atoms with van der Waals surface area (Å²) in [5.74, 6) is -0.336. The van der Waals surface area contributed by atoms with Crippen molar-refractivity contribution in [2.45, 2.75) is 32.4 Å². The second-order valence-corrected chi connectivity index (χ2v) is 4.80. The van der Waals surface area contributed by atoms with Gasteiger partial charge in [-0.1, -0.05) is 12.1 Å². The number of carbonyl (C=O) groups excluding carboxylic acids is 1. The molecule has 0 aliphatic carbocycles. The average Bonchev–Trinajstić information content (AvgIpc) is 2.43. The highest BCUT2D eigenvalue weighted by Crippen LogP contribution is 2.14. The Morgan fingerprint density at radius 1 is 1.40 bits per heavy atom. The highest BCUT2D eigenvalue weighted by Gasteiger charge is 2.15. The van der Waals surface area contributed by atoms with Crippen molar-refractivity contribution in [2.75, 3.05) is 20.3 Å². The van der Waals surface area contributed by atoms with Crippen LogP contribution in [0.2, 0.25) is 0 Å². The van der Waals surface area contributed by atoms with E-state index in [2.05, 4.69) is 10.6 Å². The number of methoxy groups -OCH3 is 1. The van der Waals surface area contributed by atoms with Crippen LogP contribution >= 0.6 is 0 Å². The van der Waals surface area contributed by atoms with Gasteiger partial charge in [0.25, 0.3) is 0 Å². The molecule has 0 aliphatic rings. The maximum atomic E-state index is 13.1. The van der Waals surface area contributed by atoms with E-state index in [0.29, 0.717) is 13.2 Å². The van der Waals surface area contributed by atoms with E-state index in [4.69, 9.17) is 4.74 Å². The van der Waals surface area contributed by atoms with E-state index in [1.807, 2.05) is 13.0 Å². The Bertz CT molecular complexity index is 426. The van der Waals surface area contributed by atoms with Gasteiger partial charge in [0, 0.05) is 26.3 Å². The number of benzene rings is 1. The minimum Gasteiger partial charge on any atom is -0.385 e. The molecule has 0 heterocycles. The number of halogens is 1. The first-order valence-corrected chi connectivity index (χ1v) is 6.82. The largest absolute Gasteiger partial charge is 0.385 e. The van der Waals surface area contributed by atoms with E-state index in [9.17, 15) is 9.18 Å². The maximum absolute atomic E-state index is 13.1. The molecule has 1 aromatic rings. The van der Waals surface area contributed by atoms with Crippen LogP contribution < -0.4 is 10.6 Å². The molecule has 1 aromatic carbocycles. The van der Waals surface area contributed by atoms with Crippen molar-refractivity contribution in [3.05, 3.63) is 35.6 Å². The predicted octanol–water partition coefficient (Wildman–Crippen LogP) is 2.02. The van der Waals surface area contributed by atoms with E-state index in [0.717, 1.165) is 12.0 Å². The van der Waals surface area contributed by atoms with Gasteiger partial charge in [-0.25, -0.2) is 4.39 Å². The van der Waals surface area contributed by atoms with Crippen LogP contribution in [0.4, 0.5) is 4.39 Å². The molecule has 0 aromatic heterocycles. The number of hydrogen-bond donors (Lipinski definition) is 2. The van der Waals surface area contributed by atoms with Gasteiger partial charge in [-0.05, 0) is 38.0 Å². The quantitative estimate of drug-likeness (QED) is 0.717. The molecule has 0 aliphatic heterocycles. The monoisotopic (exact) mass is 282 g/mol. The molecule has 0 radical (unpaired) electrons. The van der Waals surface area contributed by atoms with Gasteiger partial charge < -0.3 is 10.1 Å². The van der Waals surface area contributed by atoms with E-state index in [-0.39, 0.29) is 23.8 Å². The van der Waals surface area contributed by atoms with Gasteiger partial charge in [-0.2, -0.15) is 0 Å². The summed E-state index contributed by atoms with van der Waals surface area (Å²) in [7, 11) is 1.63. The van der Waals surface area contributed by atoms with Crippen molar-refractivity contribution in [2.24, 2.45) is 0 Å². The third-order valence-corrected chi connectivity index (χ3v) is 3.07. The number of amides is 1. The van der Waals surface area contributed by atoms with Crippen molar-refractivity contribution in [3.8, 4) is 0 Å². The van der Waals surface area contributed by atoms with Gasteiger partial charge >= 0.3 is 0 Å². The zero-order chi connectivity index (χ0) is 15.0. The summed E-state index contributed by atoms with van der Waals surface area (Å²) < 4.78 is 18.1. The fourth-order valence-corrected chi connectivity index (χ4v) is 1.90. The minimum absolute atomic E-state index is 0.0654. The second kappa shape index (κ2) is 8.66. The van der Waals surface area contributed by atoms with E-state index in [1.165, 1.54) is 12.1 Å². The Kier molecular flexibility index (Phi) is 7.18. The number of hydrogen-bond acceptors (Lipinski definition) is 3. The molecular weight excluding hydrogens is 259 g/mol. The van der Waals surface area contributed by atoms with Crippen molar-refractivity contribution in [1.82, 2.24) is 10.6 Å². The smallest absolute Gasteiger partial charge is 0.236 e. The van der Waals surface area contributed by atoms with Crippen molar-refractivity contribution in [1.29, 1.82) is 0 Å². The predicted molar refractivity (Wildman–Crippen MR) is 76.9 cm³/mol. The van der Waals surface area contributed by atoms with Gasteiger partial charge in [-0.3, -0.25) is 10.1 Å². The topological polar surface area (TPSA) is 50.4 Å². The van der Waals surface area contributed by atoms with Crippen molar-refractivity contribution in [3.63, 3.8) is 0 Å². The maximum Gasteiger partial charge on any atom is 0.236 e. The lowest BCUT2D eigenvalue weighted by Crippen LogP contribution is -2.43. The Labute approximate surface area is 119 Å². The van der Waals surface area contributed by atoms with Gasteiger partial charge in [0.1, 0.15) is 5.82 Å². The summed E-state index contributed by atoms with van der Waals surface area (Å²) in [6.07, 6.45) is 0.786. The standard InChI is InChI=1S/C15H23FN2O2/c1-11(13-6-4-7-14(16)10-13)18-12(2)15(19)17-8-5-9-20-3/h4,6-7,10-12,18H,5,8-9H2,1-3H3,(H,17,19)/t11-,12?/m1/s1. The average molecular weight is 282 g/mol. The fourth-order valence-electron chi connectivity index (χ4n) is 1.90. The second-order valence-electron chi connectivity index (χ2n) is 4.80. The van der Waals surface area contributed by atoms with E-state index < -0.39 is 0 Å². The number of rotatable bonds is 8. The van der Waals surface area contributed by atoms with Crippen LogP contribution in [0.1, 0.15) is 31.9 Å². The third-order valence-electron chi connectivity index (χ3n) is 3.07. The van der Waals surface area contributed by atoms with Gasteiger partial charge in [0.2, 0.25) is 5.91 Å². The summed E-state index contributed by atoms with van der Waals surface area (Å²) in [5, 5.41) is 5.98. The molecule has 4 nitrogen and oxygen atoms in total. The first-order valence-electron chi connectivity index (χ1n) is 6.82. The molecule has 0 spiro atoms. The van der Waals surface area contributed by atoms with Crippen LogP contribution in [-0.2, 0) is 9.53 Å². The molecule has 0 saturated carbocycles. The molecule has 1 rings (SSSR count). The van der Waals surface area contributed by atoms with Crippen LogP contribution in [0.15, 0.2) is 24.3 Å². The molecule has 2 atom stereocenters. The molecule has 0 fully saturated rings. The molecule has 20 heavy (non-hydrogen) atoms. The minimum atomic E-state index is -0.337. The van der Waals surface area contributed by atoms with Gasteiger partial charge in [-0.15, -0.1) is 0 Å². The highest BCUT2D eigenvalue weighted by atomic mass is 19.1. The SMILES string of the molecule is COCCCNC(=O)C(C)N[C@H](C)c1cccc(F)c1. The summed E-state index contributed by atoms with van der Waals surface area (Å²) >= 11 is 0. The van der Waals surface area contributed by atoms with Gasteiger partial charge in [0.05, 0.1) is 6.04 Å². The zero-order valence-corrected chi connectivity index (χ0v) is 12.3. The van der Waals surface area contributed by atoms with Crippen molar-refractivity contribution < 1.29 is 13.9 Å². The molecule has 0 saturated heterocycles. The lowest BCUT2D eigenvalue weighted by molar-refractivity contribution is -0.122. The Balaban J connectivity index is 2.40. The zero-order valence-electron chi connectivity index (χ0n) is 12.3. The summed E-state index contributed by atoms with van der Waals surface area (Å²) in [6.45, 7) is 4.92. The normalized spacial score (nSPS) is 13.8.